The van der Waals surface area contributed by atoms with Gasteiger partial charge in [0.05, 0.1) is 10.5 Å². The maximum Gasteiger partial charge on any atom is 0.276 e. The lowest BCUT2D eigenvalue weighted by molar-refractivity contribution is -0.385. The zero-order valence-corrected chi connectivity index (χ0v) is 18.1. The van der Waals surface area contributed by atoms with E-state index in [9.17, 15) is 10.1 Å². The molecule has 0 bridgehead atoms. The van der Waals surface area contributed by atoms with Crippen LogP contribution in [0.15, 0.2) is 18.2 Å². The summed E-state index contributed by atoms with van der Waals surface area (Å²) in [6, 6.07) is 5.05. The van der Waals surface area contributed by atoms with Crippen LogP contribution in [0.4, 0.5) is 5.69 Å². The monoisotopic (exact) mass is 373 g/mol. The molecule has 1 unspecified atom stereocenters. The number of rotatable bonds is 5. The zero-order valence-electron chi connectivity index (χ0n) is 17.1. The Balaban J connectivity index is 2.27. The van der Waals surface area contributed by atoms with Crippen molar-refractivity contribution in [2.45, 2.75) is 83.5 Å². The zero-order chi connectivity index (χ0) is 19.7. The molecule has 0 aromatic heterocycles. The Kier molecular flexibility index (Phi) is 5.87. The van der Waals surface area contributed by atoms with E-state index in [0.29, 0.717) is 40.8 Å². The molecule has 1 heterocycles. The van der Waals surface area contributed by atoms with E-state index in [4.69, 9.17) is 4.74 Å². The minimum atomic E-state index is -1.77. The Morgan fingerprint density at radius 2 is 1.77 bits per heavy atom. The molecule has 2 rings (SSSR count). The summed E-state index contributed by atoms with van der Waals surface area (Å²) < 4.78 is 6.09. The number of nitrogens with zero attached hydrogens (tertiary/aromatic N) is 1. The van der Waals surface area contributed by atoms with Crippen LogP contribution in [-0.4, -0.2) is 18.6 Å². The Bertz CT molecular complexity index is 724. The van der Waals surface area contributed by atoms with Crippen molar-refractivity contribution < 1.29 is 9.66 Å². The van der Waals surface area contributed by atoms with Crippen molar-refractivity contribution in [1.82, 2.24) is 0 Å². The molecule has 1 atom stereocenters. The van der Waals surface area contributed by atoms with Gasteiger partial charge in [-0.15, -0.1) is 11.5 Å². The lowest BCUT2D eigenvalue weighted by Crippen LogP contribution is -2.43. The van der Waals surface area contributed by atoms with Crippen molar-refractivity contribution in [2.24, 2.45) is 0 Å². The van der Waals surface area contributed by atoms with Crippen molar-refractivity contribution in [2.75, 3.05) is 0 Å². The second-order valence-corrected chi connectivity index (χ2v) is 14.2. The van der Waals surface area contributed by atoms with E-state index in [2.05, 4.69) is 53.0 Å². The summed E-state index contributed by atoms with van der Waals surface area (Å²) >= 11 is 0. The Hall–Kier alpha value is -1.80. The maximum atomic E-state index is 11.3. The third kappa shape index (κ3) is 3.66. The second-order valence-electron chi connectivity index (χ2n) is 8.62. The summed E-state index contributed by atoms with van der Waals surface area (Å²) in [4.78, 5) is 10.9. The van der Waals surface area contributed by atoms with Gasteiger partial charge in [0.1, 0.15) is 19.4 Å². The van der Waals surface area contributed by atoms with Gasteiger partial charge in [-0.25, -0.2) is 0 Å². The number of nitro benzene ring substituents is 1. The highest BCUT2D eigenvalue weighted by Gasteiger charge is 2.42. The molecule has 142 valence electrons. The van der Waals surface area contributed by atoms with Crippen LogP contribution >= 0.6 is 0 Å². The first-order valence-electron chi connectivity index (χ1n) is 9.49. The van der Waals surface area contributed by atoms with Gasteiger partial charge in [0.2, 0.25) is 0 Å². The smallest absolute Gasteiger partial charge is 0.276 e. The van der Waals surface area contributed by atoms with Crippen LogP contribution < -0.4 is 4.74 Å². The largest absolute Gasteiger partial charge is 0.486 e. The first-order chi connectivity index (χ1) is 12.0. The van der Waals surface area contributed by atoms with E-state index in [-0.39, 0.29) is 10.6 Å². The van der Waals surface area contributed by atoms with Crippen LogP contribution in [-0.2, 0) is 6.42 Å². The van der Waals surface area contributed by atoms with Crippen molar-refractivity contribution in [3.63, 3.8) is 0 Å². The number of nitro groups is 1. The van der Waals surface area contributed by atoms with Gasteiger partial charge in [-0.2, -0.15) is 0 Å². The number of fused-ring (bicyclic) bond motifs is 1. The second kappa shape index (κ2) is 7.44. The van der Waals surface area contributed by atoms with Gasteiger partial charge in [-0.05, 0) is 29.6 Å². The normalized spacial score (nSPS) is 19.3. The lowest BCUT2D eigenvalue weighted by Gasteiger charge is -2.38. The molecule has 0 fully saturated rings. The minimum Gasteiger partial charge on any atom is -0.486 e. The van der Waals surface area contributed by atoms with Crippen LogP contribution in [0.2, 0.25) is 16.6 Å². The molecular weight excluding hydrogens is 342 g/mol. The molecule has 0 saturated heterocycles. The Morgan fingerprint density at radius 1 is 1.19 bits per heavy atom. The van der Waals surface area contributed by atoms with E-state index in [0.717, 1.165) is 0 Å². The molecule has 5 heteroatoms. The number of hydrogen-bond donors (Lipinski definition) is 0. The highest BCUT2D eigenvalue weighted by molar-refractivity contribution is 6.90. The van der Waals surface area contributed by atoms with E-state index >= 15 is 0 Å². The predicted molar refractivity (Wildman–Crippen MR) is 109 cm³/mol. The third-order valence-corrected chi connectivity index (χ3v) is 12.2. The Morgan fingerprint density at radius 3 is 2.27 bits per heavy atom. The van der Waals surface area contributed by atoms with Crippen molar-refractivity contribution in [3.05, 3.63) is 33.9 Å². The third-order valence-electron chi connectivity index (χ3n) is 5.85. The molecule has 1 aromatic rings. The molecule has 0 aliphatic carbocycles. The van der Waals surface area contributed by atoms with Crippen LogP contribution in [0.5, 0.6) is 5.75 Å². The standard InChI is InChI=1S/C21H31NO3Si/c1-15(2)26(16(3)4,17(5)6)13-9-12-21(7)14-18-19(22(23)24)10-8-11-20(18)25-21/h8,10-11,15-17H,12,14H2,1-7H3. The van der Waals surface area contributed by atoms with Gasteiger partial charge in [0.25, 0.3) is 5.69 Å². The molecule has 1 aliphatic rings. The molecule has 1 aromatic carbocycles. The van der Waals surface area contributed by atoms with Crippen LogP contribution in [0.1, 0.15) is 60.5 Å². The lowest BCUT2D eigenvalue weighted by atomic mass is 9.95. The molecule has 1 aliphatic heterocycles. The first-order valence-corrected chi connectivity index (χ1v) is 11.7. The molecule has 0 radical (unpaired) electrons. The van der Waals surface area contributed by atoms with Gasteiger partial charge in [0.15, 0.2) is 0 Å². The summed E-state index contributed by atoms with van der Waals surface area (Å²) in [5.41, 5.74) is 5.84. The van der Waals surface area contributed by atoms with Crippen LogP contribution in [0.25, 0.3) is 0 Å². The molecular formula is C21H31NO3Si. The number of hydrogen-bond acceptors (Lipinski definition) is 3. The summed E-state index contributed by atoms with van der Waals surface area (Å²) in [6.45, 7) is 15.8. The van der Waals surface area contributed by atoms with Crippen LogP contribution in [0.3, 0.4) is 0 Å². The van der Waals surface area contributed by atoms with Crippen molar-refractivity contribution in [3.8, 4) is 17.2 Å². The molecule has 0 N–H and O–H groups in total. The fourth-order valence-corrected chi connectivity index (χ4v) is 9.85. The van der Waals surface area contributed by atoms with Gasteiger partial charge in [0, 0.05) is 18.9 Å². The fourth-order valence-electron chi connectivity index (χ4n) is 4.59. The SMILES string of the molecule is CC(C)[Si](C#CCC1(C)Cc2c(cccc2[N+](=O)[O-])O1)(C(C)C)C(C)C. The summed E-state index contributed by atoms with van der Waals surface area (Å²) in [7, 11) is -1.77. The van der Waals surface area contributed by atoms with Gasteiger partial charge >= 0.3 is 0 Å². The Labute approximate surface area is 158 Å². The molecule has 0 saturated carbocycles. The van der Waals surface area contributed by atoms with Gasteiger partial charge in [-0.1, -0.05) is 47.6 Å². The van der Waals surface area contributed by atoms with E-state index in [1.54, 1.807) is 12.1 Å². The summed E-state index contributed by atoms with van der Waals surface area (Å²) in [6.07, 6.45) is 1.13. The maximum absolute atomic E-state index is 11.3. The quantitative estimate of drug-likeness (QED) is 0.279. The fraction of sp³-hybridized carbons (Fsp3) is 0.619. The average molecular weight is 374 g/mol. The summed E-state index contributed by atoms with van der Waals surface area (Å²) in [5.74, 6) is 4.08. The molecule has 0 amide bonds. The average Bonchev–Trinajstić information content (AvgIpc) is 2.86. The van der Waals surface area contributed by atoms with Gasteiger partial charge < -0.3 is 4.74 Å². The highest BCUT2D eigenvalue weighted by atomic mass is 28.3. The highest BCUT2D eigenvalue weighted by Crippen LogP contribution is 2.43. The van der Waals surface area contributed by atoms with Crippen molar-refractivity contribution in [1.29, 1.82) is 0 Å². The topological polar surface area (TPSA) is 52.4 Å². The minimum absolute atomic E-state index is 0.148. The number of ether oxygens (including phenoxy) is 1. The predicted octanol–water partition coefficient (Wildman–Crippen LogP) is 5.90. The summed E-state index contributed by atoms with van der Waals surface area (Å²) in [5, 5.41) is 11.3. The molecule has 4 nitrogen and oxygen atoms in total. The van der Waals surface area contributed by atoms with Gasteiger partial charge in [-0.3, -0.25) is 10.1 Å². The first kappa shape index (κ1) is 20.5. The number of benzene rings is 1. The van der Waals surface area contributed by atoms with E-state index in [1.165, 1.54) is 0 Å². The van der Waals surface area contributed by atoms with E-state index in [1.807, 2.05) is 13.0 Å². The molecule has 26 heavy (non-hydrogen) atoms. The van der Waals surface area contributed by atoms with Crippen LogP contribution in [0, 0.1) is 21.6 Å². The van der Waals surface area contributed by atoms with Crippen molar-refractivity contribution >= 4 is 13.8 Å². The molecule has 0 spiro atoms. The van der Waals surface area contributed by atoms with E-state index < -0.39 is 13.7 Å².